The zero-order valence-electron chi connectivity index (χ0n) is 19.1. The van der Waals surface area contributed by atoms with Gasteiger partial charge >= 0.3 is 0 Å². The molecule has 168 valence electrons. The zero-order valence-corrected chi connectivity index (χ0v) is 19.9. The number of carbonyl (C=O) groups is 1. The van der Waals surface area contributed by atoms with Gasteiger partial charge in [-0.15, -0.1) is 0 Å². The van der Waals surface area contributed by atoms with E-state index in [-0.39, 0.29) is 5.91 Å². The number of hydrogen-bond donors (Lipinski definition) is 0. The maximum absolute atomic E-state index is 13.1. The number of hydrogen-bond acceptors (Lipinski definition) is 5. The molecule has 0 saturated carbocycles. The van der Waals surface area contributed by atoms with Crippen LogP contribution in [0.2, 0.25) is 5.02 Å². The highest BCUT2D eigenvalue weighted by Crippen LogP contribution is 2.19. The van der Waals surface area contributed by atoms with Gasteiger partial charge in [-0.2, -0.15) is 5.10 Å². The van der Waals surface area contributed by atoms with E-state index in [2.05, 4.69) is 32.1 Å². The molecule has 1 aromatic carbocycles. The summed E-state index contributed by atoms with van der Waals surface area (Å²) in [5.41, 5.74) is 5.76. The van der Waals surface area contributed by atoms with Crippen LogP contribution < -0.4 is 0 Å². The third-order valence-electron chi connectivity index (χ3n) is 5.97. The van der Waals surface area contributed by atoms with E-state index in [1.54, 1.807) is 4.68 Å². The van der Waals surface area contributed by atoms with Gasteiger partial charge in [-0.3, -0.25) is 9.69 Å². The summed E-state index contributed by atoms with van der Waals surface area (Å²) in [6.45, 7) is 11.9. The summed E-state index contributed by atoms with van der Waals surface area (Å²) in [6, 6.07) is 9.90. The van der Waals surface area contributed by atoms with Crippen molar-refractivity contribution >= 4 is 17.5 Å². The summed E-state index contributed by atoms with van der Waals surface area (Å²) < 4.78 is 1.75. The van der Waals surface area contributed by atoms with Gasteiger partial charge in [0.1, 0.15) is 0 Å². The third kappa shape index (κ3) is 5.00. The Kier molecular flexibility index (Phi) is 6.58. The van der Waals surface area contributed by atoms with Crippen molar-refractivity contribution in [1.29, 1.82) is 0 Å². The fourth-order valence-electron chi connectivity index (χ4n) is 4.19. The first-order chi connectivity index (χ1) is 15.3. The van der Waals surface area contributed by atoms with Crippen molar-refractivity contribution in [3.63, 3.8) is 0 Å². The number of amides is 1. The topological polar surface area (TPSA) is 67.2 Å². The number of carbonyl (C=O) groups excluding carboxylic acids is 1. The molecule has 1 amide bonds. The number of benzene rings is 1. The molecule has 0 aliphatic carbocycles. The number of aromatic nitrogens is 4. The monoisotopic (exact) mass is 452 g/mol. The molecule has 1 fully saturated rings. The molecule has 1 aliphatic rings. The van der Waals surface area contributed by atoms with Crippen LogP contribution in [0, 0.1) is 27.7 Å². The molecule has 0 N–H and O–H groups in total. The first kappa shape index (κ1) is 22.4. The molecule has 1 saturated heterocycles. The maximum Gasteiger partial charge on any atom is 0.251 e. The summed E-state index contributed by atoms with van der Waals surface area (Å²) in [7, 11) is 0. The number of rotatable bonds is 5. The van der Waals surface area contributed by atoms with Gasteiger partial charge in [0.15, 0.2) is 0 Å². The number of aryl methyl sites for hydroxylation is 3. The third-order valence-corrected chi connectivity index (χ3v) is 6.23. The molecule has 0 bridgehead atoms. The molecule has 1 aliphatic heterocycles. The lowest BCUT2D eigenvalue weighted by atomic mass is 10.1. The highest BCUT2D eigenvalue weighted by atomic mass is 35.5. The Hall–Kier alpha value is -2.77. The summed E-state index contributed by atoms with van der Waals surface area (Å²) in [4.78, 5) is 26.4. The van der Waals surface area contributed by atoms with Crippen molar-refractivity contribution in [2.45, 2.75) is 40.7 Å². The minimum Gasteiger partial charge on any atom is -0.340 e. The molecule has 3 aromatic rings. The SMILES string of the molecule is Cc1cc(C)nc(-n2nc(C)c(CC(=O)N3CCN(Cc4ccc(Cl)cc4)CC3)c2C)n1. The molecule has 7 nitrogen and oxygen atoms in total. The van der Waals surface area contributed by atoms with Crippen LogP contribution in [0.5, 0.6) is 0 Å². The molecule has 3 heterocycles. The Labute approximate surface area is 194 Å². The van der Waals surface area contributed by atoms with Crippen molar-refractivity contribution in [1.82, 2.24) is 29.5 Å². The van der Waals surface area contributed by atoms with Crippen LogP contribution >= 0.6 is 11.6 Å². The molecule has 0 atom stereocenters. The van der Waals surface area contributed by atoms with Gasteiger partial charge < -0.3 is 4.90 Å². The van der Waals surface area contributed by atoms with Gasteiger partial charge in [0.25, 0.3) is 5.95 Å². The van der Waals surface area contributed by atoms with Crippen molar-refractivity contribution in [3.8, 4) is 5.95 Å². The Bertz CT molecular complexity index is 1100. The summed E-state index contributed by atoms with van der Waals surface area (Å²) in [5.74, 6) is 0.695. The fourth-order valence-corrected chi connectivity index (χ4v) is 4.32. The summed E-state index contributed by atoms with van der Waals surface area (Å²) in [6.07, 6.45) is 0.347. The first-order valence-corrected chi connectivity index (χ1v) is 11.3. The molecular formula is C24H29ClN6O. The second-order valence-corrected chi connectivity index (χ2v) is 8.91. The molecule has 8 heteroatoms. The van der Waals surface area contributed by atoms with Crippen molar-refractivity contribution in [2.75, 3.05) is 26.2 Å². The Morgan fingerprint density at radius 3 is 2.22 bits per heavy atom. The van der Waals surface area contributed by atoms with Crippen molar-refractivity contribution < 1.29 is 4.79 Å². The van der Waals surface area contributed by atoms with E-state index in [9.17, 15) is 4.79 Å². The largest absolute Gasteiger partial charge is 0.340 e. The van der Waals surface area contributed by atoms with Gasteiger partial charge in [-0.05, 0) is 51.5 Å². The van der Waals surface area contributed by atoms with E-state index < -0.39 is 0 Å². The quantitative estimate of drug-likeness (QED) is 0.593. The lowest BCUT2D eigenvalue weighted by molar-refractivity contribution is -0.132. The molecule has 0 spiro atoms. The lowest BCUT2D eigenvalue weighted by Crippen LogP contribution is -2.48. The van der Waals surface area contributed by atoms with Crippen LogP contribution in [0.4, 0.5) is 0 Å². The summed E-state index contributed by atoms with van der Waals surface area (Å²) >= 11 is 5.98. The predicted octanol–water partition coefficient (Wildman–Crippen LogP) is 3.44. The van der Waals surface area contributed by atoms with Crippen LogP contribution in [0.25, 0.3) is 5.95 Å². The molecular weight excluding hydrogens is 424 g/mol. The second-order valence-electron chi connectivity index (χ2n) is 8.47. The average Bonchev–Trinajstić information content (AvgIpc) is 3.03. The molecule has 2 aromatic heterocycles. The molecule has 0 radical (unpaired) electrons. The Morgan fingerprint density at radius 1 is 0.969 bits per heavy atom. The standard InChI is InChI=1S/C24H29ClN6O/c1-16-13-17(2)27-24(26-16)31-19(4)22(18(3)28-31)14-23(32)30-11-9-29(10-12-30)15-20-5-7-21(25)8-6-20/h5-8,13H,9-12,14-15H2,1-4H3. The van der Waals surface area contributed by atoms with Crippen LogP contribution in [-0.4, -0.2) is 61.6 Å². The van der Waals surface area contributed by atoms with Crippen LogP contribution in [0.1, 0.15) is 33.9 Å². The van der Waals surface area contributed by atoms with Gasteiger partial charge in [-0.1, -0.05) is 23.7 Å². The van der Waals surface area contributed by atoms with Crippen LogP contribution in [0.15, 0.2) is 30.3 Å². The van der Waals surface area contributed by atoms with Crippen molar-refractivity contribution in [2.24, 2.45) is 0 Å². The van der Waals surface area contributed by atoms with E-state index in [0.29, 0.717) is 12.4 Å². The Morgan fingerprint density at radius 2 is 1.59 bits per heavy atom. The molecule has 32 heavy (non-hydrogen) atoms. The lowest BCUT2D eigenvalue weighted by Gasteiger charge is -2.35. The summed E-state index contributed by atoms with van der Waals surface area (Å²) in [5, 5.41) is 5.38. The molecule has 0 unspecified atom stereocenters. The minimum absolute atomic E-state index is 0.142. The van der Waals surface area contributed by atoms with Gasteiger partial charge in [-0.25, -0.2) is 14.6 Å². The number of nitrogens with zero attached hydrogens (tertiary/aromatic N) is 6. The maximum atomic E-state index is 13.1. The average molecular weight is 453 g/mol. The smallest absolute Gasteiger partial charge is 0.251 e. The highest BCUT2D eigenvalue weighted by Gasteiger charge is 2.24. The number of halogens is 1. The zero-order chi connectivity index (χ0) is 22.8. The normalized spacial score (nSPS) is 14.7. The van der Waals surface area contributed by atoms with E-state index in [1.807, 2.05) is 50.8 Å². The van der Waals surface area contributed by atoms with Crippen molar-refractivity contribution in [3.05, 3.63) is 69.3 Å². The van der Waals surface area contributed by atoms with E-state index >= 15 is 0 Å². The first-order valence-electron chi connectivity index (χ1n) is 10.9. The van der Waals surface area contributed by atoms with E-state index in [1.165, 1.54) is 5.56 Å². The minimum atomic E-state index is 0.142. The van der Waals surface area contributed by atoms with E-state index in [0.717, 1.165) is 66.1 Å². The van der Waals surface area contributed by atoms with Crippen LogP contribution in [-0.2, 0) is 17.8 Å². The fraction of sp³-hybridized carbons (Fsp3) is 0.417. The van der Waals surface area contributed by atoms with Gasteiger partial charge in [0.2, 0.25) is 5.91 Å². The predicted molar refractivity (Wildman–Crippen MR) is 125 cm³/mol. The molecule has 4 rings (SSSR count). The van der Waals surface area contributed by atoms with E-state index in [4.69, 9.17) is 11.6 Å². The Balaban J connectivity index is 1.39. The van der Waals surface area contributed by atoms with Gasteiger partial charge in [0, 0.05) is 60.4 Å². The number of piperazine rings is 1. The van der Waals surface area contributed by atoms with Gasteiger partial charge in [0.05, 0.1) is 12.1 Å². The van der Waals surface area contributed by atoms with Crippen LogP contribution in [0.3, 0.4) is 0 Å². The highest BCUT2D eigenvalue weighted by molar-refractivity contribution is 6.30. The second kappa shape index (κ2) is 9.38.